The minimum absolute atomic E-state index is 0.140. The molecule has 0 amide bonds. The second-order valence-electron chi connectivity index (χ2n) is 6.21. The number of halogens is 6. The van der Waals surface area contributed by atoms with Crippen LogP contribution in [-0.4, -0.2) is 33.0 Å². The van der Waals surface area contributed by atoms with Gasteiger partial charge in [0.15, 0.2) is 0 Å². The number of hydrogen-bond donors (Lipinski definition) is 2. The van der Waals surface area contributed by atoms with Gasteiger partial charge in [0.05, 0.1) is 17.6 Å². The Bertz CT molecular complexity index is 916. The van der Waals surface area contributed by atoms with Crippen LogP contribution < -0.4 is 10.6 Å². The van der Waals surface area contributed by atoms with Crippen LogP contribution in [0.5, 0.6) is 0 Å². The van der Waals surface area contributed by atoms with Crippen molar-refractivity contribution in [3.63, 3.8) is 0 Å². The van der Waals surface area contributed by atoms with Gasteiger partial charge in [0.25, 0.3) is 0 Å². The zero-order valence-corrected chi connectivity index (χ0v) is 15.2. The predicted octanol–water partition coefficient (Wildman–Crippen LogP) is 4.09. The smallest absolute Gasteiger partial charge is 0.372 e. The molecule has 0 spiro atoms. The molecule has 0 fully saturated rings. The van der Waals surface area contributed by atoms with Gasteiger partial charge < -0.3 is 10.6 Å². The molecule has 0 unspecified atom stereocenters. The Morgan fingerprint density at radius 2 is 1.71 bits per heavy atom. The minimum Gasteiger partial charge on any atom is -0.372 e. The van der Waals surface area contributed by atoms with Crippen molar-refractivity contribution >= 4 is 17.5 Å². The Hall–Kier alpha value is -2.97. The molecule has 2 aromatic heterocycles. The number of rotatable bonds is 4. The summed E-state index contributed by atoms with van der Waals surface area (Å²) in [6.45, 7) is 4.44. The lowest BCUT2D eigenvalue weighted by atomic mass is 10.1. The first-order valence-electron chi connectivity index (χ1n) is 7.80. The van der Waals surface area contributed by atoms with Gasteiger partial charge in [-0.3, -0.25) is 4.68 Å². The molecule has 2 heterocycles. The van der Waals surface area contributed by atoms with Crippen LogP contribution >= 0.6 is 0 Å². The topological polar surface area (TPSA) is 67.7 Å². The molecule has 0 atom stereocenters. The third kappa shape index (κ3) is 5.05. The Kier molecular flexibility index (Phi) is 5.50. The first kappa shape index (κ1) is 21.3. The second kappa shape index (κ2) is 7.21. The van der Waals surface area contributed by atoms with Crippen molar-refractivity contribution in [2.45, 2.75) is 38.7 Å². The number of hydrogen-bond acceptors (Lipinski definition) is 5. The fourth-order valence-corrected chi connectivity index (χ4v) is 2.11. The molecule has 152 valence electrons. The van der Waals surface area contributed by atoms with Crippen molar-refractivity contribution in [3.05, 3.63) is 23.7 Å². The fraction of sp³-hybridized carbons (Fsp3) is 0.438. The van der Waals surface area contributed by atoms with Gasteiger partial charge in [0.2, 0.25) is 5.95 Å². The van der Waals surface area contributed by atoms with Crippen LogP contribution in [0.25, 0.3) is 0 Å². The maximum atomic E-state index is 12.9. The molecule has 2 rings (SSSR count). The number of alkyl halides is 6. The average Bonchev–Trinajstić information content (AvgIpc) is 2.93. The summed E-state index contributed by atoms with van der Waals surface area (Å²) in [6, 6.07) is 0. The van der Waals surface area contributed by atoms with Crippen molar-refractivity contribution in [3.8, 4) is 11.8 Å². The average molecular weight is 406 g/mol. The number of aromatic nitrogens is 4. The van der Waals surface area contributed by atoms with Crippen LogP contribution in [0.15, 0.2) is 12.4 Å². The summed E-state index contributed by atoms with van der Waals surface area (Å²) in [6.07, 6.45) is -7.27. The normalized spacial score (nSPS) is 12.4. The molecule has 0 aliphatic rings. The molecular weight excluding hydrogens is 390 g/mol. The van der Waals surface area contributed by atoms with E-state index < -0.39 is 29.3 Å². The van der Waals surface area contributed by atoms with E-state index >= 15 is 0 Å². The van der Waals surface area contributed by atoms with E-state index in [1.165, 1.54) is 37.7 Å². The van der Waals surface area contributed by atoms with Crippen LogP contribution in [-0.2, 0) is 11.7 Å². The first-order chi connectivity index (χ1) is 12.7. The summed E-state index contributed by atoms with van der Waals surface area (Å²) in [5.74, 6) is 2.73. The van der Waals surface area contributed by atoms with E-state index in [1.54, 1.807) is 6.92 Å². The van der Waals surface area contributed by atoms with Gasteiger partial charge in [-0.2, -0.15) is 36.4 Å². The largest absolute Gasteiger partial charge is 0.457 e. The molecule has 0 radical (unpaired) electrons. The molecule has 0 aromatic carbocycles. The SMILES string of the molecule is CNc1nc(Nc2cn(C(C)(C)C#CC(F)(F)F)nc2C)ncc1C(F)(F)F. The fourth-order valence-electron chi connectivity index (χ4n) is 2.11. The van der Waals surface area contributed by atoms with Crippen molar-refractivity contribution < 1.29 is 26.3 Å². The lowest BCUT2D eigenvalue weighted by molar-refractivity contribution is -0.137. The van der Waals surface area contributed by atoms with Crippen LogP contribution in [0.3, 0.4) is 0 Å². The predicted molar refractivity (Wildman–Crippen MR) is 90.0 cm³/mol. The molecule has 0 saturated heterocycles. The number of nitrogens with zero attached hydrogens (tertiary/aromatic N) is 4. The summed E-state index contributed by atoms with van der Waals surface area (Å²) in [5.41, 5.74) is -1.63. The van der Waals surface area contributed by atoms with Crippen LogP contribution in [0.2, 0.25) is 0 Å². The van der Waals surface area contributed by atoms with E-state index in [9.17, 15) is 26.3 Å². The third-order valence-corrected chi connectivity index (χ3v) is 3.56. The number of anilines is 3. The van der Waals surface area contributed by atoms with E-state index in [-0.39, 0.29) is 5.95 Å². The maximum Gasteiger partial charge on any atom is 0.457 e. The lowest BCUT2D eigenvalue weighted by Crippen LogP contribution is -2.25. The highest BCUT2D eigenvalue weighted by molar-refractivity contribution is 5.58. The van der Waals surface area contributed by atoms with E-state index in [0.29, 0.717) is 17.6 Å². The maximum absolute atomic E-state index is 12.9. The van der Waals surface area contributed by atoms with Crippen molar-refractivity contribution in [2.24, 2.45) is 0 Å². The molecule has 0 aliphatic heterocycles. The highest BCUT2D eigenvalue weighted by Gasteiger charge is 2.35. The van der Waals surface area contributed by atoms with E-state index in [1.807, 2.05) is 0 Å². The monoisotopic (exact) mass is 406 g/mol. The summed E-state index contributed by atoms with van der Waals surface area (Å²) in [5, 5.41) is 9.17. The molecule has 12 heteroatoms. The van der Waals surface area contributed by atoms with Crippen molar-refractivity contribution in [1.82, 2.24) is 19.7 Å². The molecule has 28 heavy (non-hydrogen) atoms. The quantitative estimate of drug-likeness (QED) is 0.592. The van der Waals surface area contributed by atoms with Gasteiger partial charge in [-0.15, -0.1) is 0 Å². The van der Waals surface area contributed by atoms with E-state index in [4.69, 9.17) is 0 Å². The Morgan fingerprint density at radius 1 is 1.07 bits per heavy atom. The minimum atomic E-state index is -4.64. The van der Waals surface area contributed by atoms with Gasteiger partial charge in [-0.25, -0.2) is 4.98 Å². The molecule has 2 N–H and O–H groups in total. The summed E-state index contributed by atoms with van der Waals surface area (Å²) < 4.78 is 77.0. The molecule has 0 aliphatic carbocycles. The highest BCUT2D eigenvalue weighted by Crippen LogP contribution is 2.34. The molecule has 0 bridgehead atoms. The summed E-state index contributed by atoms with van der Waals surface area (Å²) in [4.78, 5) is 7.40. The highest BCUT2D eigenvalue weighted by atomic mass is 19.4. The zero-order chi connectivity index (χ0) is 21.3. The van der Waals surface area contributed by atoms with E-state index in [2.05, 4.69) is 31.6 Å². The summed E-state index contributed by atoms with van der Waals surface area (Å²) in [7, 11) is 1.28. The van der Waals surface area contributed by atoms with Gasteiger partial charge in [-0.1, -0.05) is 5.92 Å². The summed E-state index contributed by atoms with van der Waals surface area (Å²) >= 11 is 0. The molecular formula is C16H16F6N6. The number of nitrogens with one attached hydrogen (secondary N) is 2. The molecule has 6 nitrogen and oxygen atoms in total. The molecule has 2 aromatic rings. The zero-order valence-electron chi connectivity index (χ0n) is 15.2. The standard InChI is InChI=1S/C16H16F6N6/c1-9-11(8-28(27-9)14(2,3)5-6-15(17,18)19)25-13-24-7-10(16(20,21)22)12(23-4)26-13/h7-8H,1-4H3,(H2,23,24,25,26). The first-order valence-corrected chi connectivity index (χ1v) is 7.80. The van der Waals surface area contributed by atoms with Crippen molar-refractivity contribution in [2.75, 3.05) is 17.7 Å². The van der Waals surface area contributed by atoms with Gasteiger partial charge in [-0.05, 0) is 20.8 Å². The Morgan fingerprint density at radius 3 is 2.25 bits per heavy atom. The van der Waals surface area contributed by atoms with Crippen LogP contribution in [0.4, 0.5) is 43.8 Å². The van der Waals surface area contributed by atoms with Gasteiger partial charge >= 0.3 is 12.4 Å². The Balaban J connectivity index is 2.33. The second-order valence-corrected chi connectivity index (χ2v) is 6.21. The lowest BCUT2D eigenvalue weighted by Gasteiger charge is -2.18. The third-order valence-electron chi connectivity index (χ3n) is 3.56. The molecule has 0 saturated carbocycles. The van der Waals surface area contributed by atoms with Gasteiger partial charge in [0, 0.05) is 19.2 Å². The Labute approximate surface area is 156 Å². The number of aryl methyl sites for hydroxylation is 1. The van der Waals surface area contributed by atoms with Crippen molar-refractivity contribution in [1.29, 1.82) is 0 Å². The van der Waals surface area contributed by atoms with Crippen LogP contribution in [0, 0.1) is 18.8 Å². The van der Waals surface area contributed by atoms with Gasteiger partial charge in [0.1, 0.15) is 16.9 Å². The van der Waals surface area contributed by atoms with E-state index in [0.717, 1.165) is 0 Å². The van der Waals surface area contributed by atoms with Crippen LogP contribution in [0.1, 0.15) is 25.1 Å².